The van der Waals surface area contributed by atoms with Crippen molar-refractivity contribution in [2.24, 2.45) is 5.92 Å². The van der Waals surface area contributed by atoms with Crippen LogP contribution in [0.3, 0.4) is 0 Å². The van der Waals surface area contributed by atoms with E-state index in [4.69, 9.17) is 0 Å². The maximum Gasteiger partial charge on any atom is 0.261 e. The monoisotopic (exact) mass is 154 g/mol. The fourth-order valence-corrected chi connectivity index (χ4v) is 0.792. The maximum absolute atomic E-state index is 12.3. The first-order valence-electron chi connectivity index (χ1n) is 3.15. The molecule has 0 fully saturated rings. The van der Waals surface area contributed by atoms with Gasteiger partial charge in [0.1, 0.15) is 0 Å². The van der Waals surface area contributed by atoms with E-state index in [-0.39, 0.29) is 0 Å². The SMILES string of the molecule is CCCC(C)C(F)(F)P. The average Bonchev–Trinajstić information content (AvgIpc) is 1.64. The molecule has 2 atom stereocenters. The molecule has 0 saturated carbocycles. The molecule has 0 aliphatic heterocycles. The van der Waals surface area contributed by atoms with Crippen molar-refractivity contribution in [2.45, 2.75) is 32.4 Å². The summed E-state index contributed by atoms with van der Waals surface area (Å²) in [5.74, 6) is -0.507. The maximum atomic E-state index is 12.3. The van der Waals surface area contributed by atoms with Crippen molar-refractivity contribution < 1.29 is 8.78 Å². The second-order valence-corrected chi connectivity index (χ2v) is 3.13. The molecule has 56 valence electrons. The van der Waals surface area contributed by atoms with Crippen LogP contribution in [-0.4, -0.2) is 5.66 Å². The van der Waals surface area contributed by atoms with Crippen molar-refractivity contribution in [3.8, 4) is 0 Å². The number of hydrogen-bond acceptors (Lipinski definition) is 0. The summed E-state index contributed by atoms with van der Waals surface area (Å²) in [6, 6.07) is 0. The predicted octanol–water partition coefficient (Wildman–Crippen LogP) is 2.89. The Labute approximate surface area is 57.2 Å². The molecule has 2 unspecified atom stereocenters. The van der Waals surface area contributed by atoms with Crippen molar-refractivity contribution in [3.05, 3.63) is 0 Å². The molecule has 0 nitrogen and oxygen atoms in total. The van der Waals surface area contributed by atoms with Gasteiger partial charge in [-0.05, 0) is 6.42 Å². The fraction of sp³-hybridized carbons (Fsp3) is 1.00. The van der Waals surface area contributed by atoms with E-state index in [1.54, 1.807) is 16.2 Å². The molecule has 0 aromatic rings. The molecule has 0 heterocycles. The van der Waals surface area contributed by atoms with Crippen LogP contribution in [0.2, 0.25) is 0 Å². The Morgan fingerprint density at radius 1 is 1.56 bits per heavy atom. The van der Waals surface area contributed by atoms with E-state index in [0.717, 1.165) is 6.42 Å². The Morgan fingerprint density at radius 2 is 2.00 bits per heavy atom. The highest BCUT2D eigenvalue weighted by atomic mass is 31.0. The molecule has 0 bridgehead atoms. The Balaban J connectivity index is 3.59. The van der Waals surface area contributed by atoms with Gasteiger partial charge in [0.2, 0.25) is 0 Å². The topological polar surface area (TPSA) is 0 Å². The van der Waals surface area contributed by atoms with Crippen molar-refractivity contribution in [2.75, 3.05) is 0 Å². The fourth-order valence-electron chi connectivity index (χ4n) is 0.625. The van der Waals surface area contributed by atoms with Crippen LogP contribution < -0.4 is 0 Å². The summed E-state index contributed by atoms with van der Waals surface area (Å²) >= 11 is 0. The summed E-state index contributed by atoms with van der Waals surface area (Å²) in [5.41, 5.74) is -2.57. The van der Waals surface area contributed by atoms with Gasteiger partial charge in [-0.2, -0.15) is 0 Å². The molecule has 0 saturated heterocycles. The molecule has 0 radical (unpaired) electrons. The first-order chi connectivity index (χ1) is 3.98. The molecule has 0 N–H and O–H groups in total. The van der Waals surface area contributed by atoms with Crippen molar-refractivity contribution in [1.29, 1.82) is 0 Å². The van der Waals surface area contributed by atoms with E-state index in [2.05, 4.69) is 0 Å². The lowest BCUT2D eigenvalue weighted by Crippen LogP contribution is -2.16. The van der Waals surface area contributed by atoms with E-state index in [1.165, 1.54) is 0 Å². The lowest BCUT2D eigenvalue weighted by Gasteiger charge is -2.17. The van der Waals surface area contributed by atoms with Crippen LogP contribution in [0.5, 0.6) is 0 Å². The van der Waals surface area contributed by atoms with Gasteiger partial charge in [0.05, 0.1) is 0 Å². The van der Waals surface area contributed by atoms with Crippen LogP contribution in [0.15, 0.2) is 0 Å². The summed E-state index contributed by atoms with van der Waals surface area (Å²) in [4.78, 5) is 0. The second-order valence-electron chi connectivity index (χ2n) is 2.36. The third kappa shape index (κ3) is 3.80. The Kier molecular flexibility index (Phi) is 3.57. The lowest BCUT2D eigenvalue weighted by molar-refractivity contribution is 0.0406. The third-order valence-electron chi connectivity index (χ3n) is 1.38. The van der Waals surface area contributed by atoms with Gasteiger partial charge in [-0.3, -0.25) is 0 Å². The van der Waals surface area contributed by atoms with Crippen molar-refractivity contribution in [1.82, 2.24) is 0 Å². The zero-order valence-corrected chi connectivity index (χ0v) is 6.98. The van der Waals surface area contributed by atoms with Crippen LogP contribution >= 0.6 is 9.24 Å². The van der Waals surface area contributed by atoms with Crippen molar-refractivity contribution >= 4 is 9.24 Å². The summed E-state index contributed by atoms with van der Waals surface area (Å²) in [5, 5.41) is 0. The molecule has 0 aliphatic carbocycles. The van der Waals surface area contributed by atoms with E-state index >= 15 is 0 Å². The first-order valence-corrected chi connectivity index (χ1v) is 3.73. The summed E-state index contributed by atoms with van der Waals surface area (Å²) in [6.07, 6.45) is 1.42. The predicted molar refractivity (Wildman–Crippen MR) is 38.7 cm³/mol. The third-order valence-corrected chi connectivity index (χ3v) is 1.95. The Bertz CT molecular complexity index is 77.6. The summed E-state index contributed by atoms with van der Waals surface area (Å²) < 4.78 is 24.5. The van der Waals surface area contributed by atoms with Crippen LogP contribution in [0.1, 0.15) is 26.7 Å². The van der Waals surface area contributed by atoms with Gasteiger partial charge in [0, 0.05) is 5.92 Å². The quantitative estimate of drug-likeness (QED) is 0.548. The molecular formula is C6H13F2P. The zero-order valence-electron chi connectivity index (χ0n) is 5.82. The van der Waals surface area contributed by atoms with E-state index in [1.807, 2.05) is 6.92 Å². The molecular weight excluding hydrogens is 141 g/mol. The van der Waals surface area contributed by atoms with Gasteiger partial charge in [-0.1, -0.05) is 29.5 Å². The molecule has 0 spiro atoms. The van der Waals surface area contributed by atoms with E-state index < -0.39 is 11.6 Å². The number of rotatable bonds is 3. The standard InChI is InChI=1S/C6H13F2P/c1-3-4-5(2)6(7,8)9/h5H,3-4,9H2,1-2H3. The molecule has 9 heavy (non-hydrogen) atoms. The molecule has 0 aliphatic rings. The summed E-state index contributed by atoms with van der Waals surface area (Å²) in [7, 11) is 1.57. The van der Waals surface area contributed by atoms with E-state index in [9.17, 15) is 8.78 Å². The minimum atomic E-state index is -2.57. The van der Waals surface area contributed by atoms with Gasteiger partial charge < -0.3 is 0 Å². The largest absolute Gasteiger partial charge is 0.261 e. The lowest BCUT2D eigenvalue weighted by atomic mass is 10.1. The molecule has 0 aromatic carbocycles. The van der Waals surface area contributed by atoms with Gasteiger partial charge >= 0.3 is 0 Å². The normalized spacial score (nSPS) is 15.7. The Hall–Kier alpha value is 0.290. The zero-order chi connectivity index (χ0) is 7.49. The van der Waals surface area contributed by atoms with Crippen LogP contribution in [0.25, 0.3) is 0 Å². The highest BCUT2D eigenvalue weighted by molar-refractivity contribution is 7.18. The minimum Gasteiger partial charge on any atom is -0.202 e. The molecule has 0 rings (SSSR count). The number of alkyl halides is 2. The average molecular weight is 154 g/mol. The highest BCUT2D eigenvalue weighted by Gasteiger charge is 2.28. The van der Waals surface area contributed by atoms with Gasteiger partial charge in [-0.25, -0.2) is 8.78 Å². The van der Waals surface area contributed by atoms with Crippen LogP contribution in [0, 0.1) is 5.92 Å². The molecule has 0 aromatic heterocycles. The van der Waals surface area contributed by atoms with Gasteiger partial charge in [0.15, 0.2) is 0 Å². The number of hydrogen-bond donors (Lipinski definition) is 0. The van der Waals surface area contributed by atoms with Gasteiger partial charge in [0.25, 0.3) is 5.66 Å². The molecule has 3 heteroatoms. The second kappa shape index (κ2) is 3.46. The van der Waals surface area contributed by atoms with E-state index in [0.29, 0.717) is 6.42 Å². The molecule has 0 amide bonds. The smallest absolute Gasteiger partial charge is 0.202 e. The first kappa shape index (κ1) is 9.29. The van der Waals surface area contributed by atoms with Crippen LogP contribution in [0.4, 0.5) is 8.78 Å². The highest BCUT2D eigenvalue weighted by Crippen LogP contribution is 2.33. The number of halogens is 2. The Morgan fingerprint density at radius 3 is 2.11 bits per heavy atom. The van der Waals surface area contributed by atoms with Crippen molar-refractivity contribution in [3.63, 3.8) is 0 Å². The summed E-state index contributed by atoms with van der Waals surface area (Å²) in [6.45, 7) is 3.48. The van der Waals surface area contributed by atoms with Crippen LogP contribution in [-0.2, 0) is 0 Å². The van der Waals surface area contributed by atoms with Gasteiger partial charge in [-0.15, -0.1) is 0 Å². The minimum absolute atomic E-state index is 0.507.